The predicted octanol–water partition coefficient (Wildman–Crippen LogP) is 3.20. The van der Waals surface area contributed by atoms with Crippen LogP contribution in [0.5, 0.6) is 5.75 Å². The highest BCUT2D eigenvalue weighted by Crippen LogP contribution is 2.21. The van der Waals surface area contributed by atoms with Crippen LogP contribution in [0.1, 0.15) is 29.0 Å². The van der Waals surface area contributed by atoms with Crippen LogP contribution in [-0.2, 0) is 6.54 Å². The van der Waals surface area contributed by atoms with Crippen molar-refractivity contribution in [2.45, 2.75) is 25.4 Å². The van der Waals surface area contributed by atoms with Crippen molar-refractivity contribution < 1.29 is 13.9 Å². The van der Waals surface area contributed by atoms with E-state index in [1.165, 1.54) is 6.07 Å². The molecule has 6 heteroatoms. The molecular weight excluding hydrogens is 368 g/mol. The molecule has 1 saturated heterocycles. The summed E-state index contributed by atoms with van der Waals surface area (Å²) < 4.78 is 11.1. The van der Waals surface area contributed by atoms with Gasteiger partial charge in [0.05, 0.1) is 12.5 Å². The van der Waals surface area contributed by atoms with Crippen molar-refractivity contribution in [1.29, 1.82) is 0 Å². The first-order chi connectivity index (χ1) is 14.1. The van der Waals surface area contributed by atoms with Gasteiger partial charge in [0, 0.05) is 37.3 Å². The van der Waals surface area contributed by atoms with Crippen molar-refractivity contribution in [3.8, 4) is 5.75 Å². The lowest BCUT2D eigenvalue weighted by atomic mass is 10.0. The molecule has 1 amide bonds. The largest absolute Gasteiger partial charge is 0.496 e. The fraction of sp³-hybridized carbons (Fsp3) is 0.304. The molecule has 0 radical (unpaired) electrons. The Kier molecular flexibility index (Phi) is 5.62. The lowest BCUT2D eigenvalue weighted by molar-refractivity contribution is 0.0881. The molecule has 1 fully saturated rings. The minimum Gasteiger partial charge on any atom is -0.496 e. The minimum absolute atomic E-state index is 0.0603. The molecule has 1 N–H and O–H groups in total. The number of amides is 1. The molecule has 1 aliphatic heterocycles. The Labute approximate surface area is 169 Å². The molecule has 0 unspecified atom stereocenters. The number of carbonyl (C=O) groups excluding carboxylic acids is 1. The molecule has 29 heavy (non-hydrogen) atoms. The molecule has 2 heterocycles. The molecular formula is C23H24N2O4. The van der Waals surface area contributed by atoms with Crippen molar-refractivity contribution in [2.24, 2.45) is 0 Å². The molecule has 6 nitrogen and oxygen atoms in total. The molecule has 1 aromatic heterocycles. The molecule has 0 atom stereocenters. The molecule has 0 aliphatic carbocycles. The van der Waals surface area contributed by atoms with Crippen molar-refractivity contribution in [3.63, 3.8) is 0 Å². The maximum Gasteiger partial charge on any atom is 0.287 e. The molecule has 0 saturated carbocycles. The zero-order valence-corrected chi connectivity index (χ0v) is 16.4. The average molecular weight is 392 g/mol. The molecule has 4 rings (SSSR count). The molecule has 0 spiro atoms. The van der Waals surface area contributed by atoms with E-state index in [0.29, 0.717) is 11.0 Å². The van der Waals surface area contributed by atoms with Crippen molar-refractivity contribution in [3.05, 3.63) is 76.1 Å². The number of hydrogen-bond acceptors (Lipinski definition) is 5. The number of para-hydroxylation sites is 2. The number of fused-ring (bicyclic) bond motifs is 1. The summed E-state index contributed by atoms with van der Waals surface area (Å²) in [6.07, 6.45) is 1.69. The standard InChI is InChI=1S/C23H24N2O4/c1-28-20-8-4-2-6-16(20)15-25-12-10-17(11-13-25)24-23(27)22-14-19(26)18-7-3-5-9-21(18)29-22/h2-9,14,17H,10-13,15H2,1H3,(H,24,27). The Morgan fingerprint density at radius 1 is 1.14 bits per heavy atom. The van der Waals surface area contributed by atoms with E-state index in [1.54, 1.807) is 31.4 Å². The number of carbonyl (C=O) groups is 1. The Morgan fingerprint density at radius 3 is 2.66 bits per heavy atom. The second-order valence-electron chi connectivity index (χ2n) is 7.31. The van der Waals surface area contributed by atoms with E-state index in [0.717, 1.165) is 43.8 Å². The van der Waals surface area contributed by atoms with Crippen LogP contribution in [0.2, 0.25) is 0 Å². The van der Waals surface area contributed by atoms with E-state index in [-0.39, 0.29) is 23.1 Å². The summed E-state index contributed by atoms with van der Waals surface area (Å²) in [4.78, 5) is 27.2. The molecule has 0 bridgehead atoms. The van der Waals surface area contributed by atoms with Gasteiger partial charge in [-0.05, 0) is 31.0 Å². The Morgan fingerprint density at radius 2 is 1.86 bits per heavy atom. The molecule has 150 valence electrons. The maximum atomic E-state index is 12.6. The summed E-state index contributed by atoms with van der Waals surface area (Å²) in [5.41, 5.74) is 1.39. The summed E-state index contributed by atoms with van der Waals surface area (Å²) in [7, 11) is 1.69. The van der Waals surface area contributed by atoms with Gasteiger partial charge in [0.2, 0.25) is 0 Å². The van der Waals surface area contributed by atoms with Gasteiger partial charge in [-0.25, -0.2) is 0 Å². The summed E-state index contributed by atoms with van der Waals surface area (Å²) in [5.74, 6) is 0.621. The first-order valence-corrected chi connectivity index (χ1v) is 9.82. The molecule has 3 aromatic rings. The highest BCUT2D eigenvalue weighted by atomic mass is 16.5. The third kappa shape index (κ3) is 4.32. The summed E-state index contributed by atoms with van der Waals surface area (Å²) >= 11 is 0. The quantitative estimate of drug-likeness (QED) is 0.722. The number of hydrogen-bond donors (Lipinski definition) is 1. The van der Waals surface area contributed by atoms with E-state index in [4.69, 9.17) is 9.15 Å². The lowest BCUT2D eigenvalue weighted by Gasteiger charge is -2.32. The van der Waals surface area contributed by atoms with Crippen LogP contribution in [-0.4, -0.2) is 37.0 Å². The molecule has 1 aliphatic rings. The van der Waals surface area contributed by atoms with Gasteiger partial charge < -0.3 is 14.5 Å². The highest BCUT2D eigenvalue weighted by Gasteiger charge is 2.23. The second kappa shape index (κ2) is 8.49. The monoisotopic (exact) mass is 392 g/mol. The van der Waals surface area contributed by atoms with E-state index < -0.39 is 0 Å². The van der Waals surface area contributed by atoms with Gasteiger partial charge >= 0.3 is 0 Å². The van der Waals surface area contributed by atoms with Crippen molar-refractivity contribution >= 4 is 16.9 Å². The van der Waals surface area contributed by atoms with E-state index >= 15 is 0 Å². The number of rotatable bonds is 5. The number of methoxy groups -OCH3 is 1. The van der Waals surface area contributed by atoms with Crippen LogP contribution in [0.4, 0.5) is 0 Å². The maximum absolute atomic E-state index is 12.6. The summed E-state index contributed by atoms with van der Waals surface area (Å²) in [6, 6.07) is 16.3. The van der Waals surface area contributed by atoms with Gasteiger partial charge in [0.15, 0.2) is 11.2 Å². The number of ether oxygens (including phenoxy) is 1. The third-order valence-corrected chi connectivity index (χ3v) is 5.37. The zero-order valence-electron chi connectivity index (χ0n) is 16.4. The van der Waals surface area contributed by atoms with Gasteiger partial charge in [-0.2, -0.15) is 0 Å². The number of likely N-dealkylation sites (tertiary alicyclic amines) is 1. The van der Waals surface area contributed by atoms with Crippen LogP contribution in [0.3, 0.4) is 0 Å². The fourth-order valence-electron chi connectivity index (χ4n) is 3.78. The third-order valence-electron chi connectivity index (χ3n) is 5.37. The number of benzene rings is 2. The number of nitrogens with one attached hydrogen (secondary N) is 1. The smallest absolute Gasteiger partial charge is 0.287 e. The molecule has 2 aromatic carbocycles. The number of nitrogens with zero attached hydrogens (tertiary/aromatic N) is 1. The van der Waals surface area contributed by atoms with Gasteiger partial charge in [-0.1, -0.05) is 30.3 Å². The summed E-state index contributed by atoms with van der Waals surface area (Å²) in [6.45, 7) is 2.58. The van der Waals surface area contributed by atoms with Crippen LogP contribution >= 0.6 is 0 Å². The highest BCUT2D eigenvalue weighted by molar-refractivity contribution is 5.93. The van der Waals surface area contributed by atoms with Gasteiger partial charge in [-0.15, -0.1) is 0 Å². The van der Waals surface area contributed by atoms with Crippen LogP contribution in [0.25, 0.3) is 11.0 Å². The van der Waals surface area contributed by atoms with Crippen molar-refractivity contribution in [1.82, 2.24) is 10.2 Å². The van der Waals surface area contributed by atoms with E-state index in [9.17, 15) is 9.59 Å². The Balaban J connectivity index is 1.36. The van der Waals surface area contributed by atoms with Crippen LogP contribution in [0.15, 0.2) is 63.8 Å². The lowest BCUT2D eigenvalue weighted by Crippen LogP contribution is -2.44. The zero-order chi connectivity index (χ0) is 20.2. The normalized spacial score (nSPS) is 15.3. The van der Waals surface area contributed by atoms with Gasteiger partial charge in [0.1, 0.15) is 11.3 Å². The van der Waals surface area contributed by atoms with E-state index in [2.05, 4.69) is 16.3 Å². The fourth-order valence-corrected chi connectivity index (χ4v) is 3.78. The SMILES string of the molecule is COc1ccccc1CN1CCC(NC(=O)c2cc(=O)c3ccccc3o2)CC1. The topological polar surface area (TPSA) is 71.8 Å². The summed E-state index contributed by atoms with van der Waals surface area (Å²) in [5, 5.41) is 3.49. The first kappa shape index (κ1) is 19.2. The van der Waals surface area contributed by atoms with E-state index in [1.807, 2.05) is 18.2 Å². The second-order valence-corrected chi connectivity index (χ2v) is 7.31. The predicted molar refractivity (Wildman–Crippen MR) is 111 cm³/mol. The van der Waals surface area contributed by atoms with Crippen LogP contribution < -0.4 is 15.5 Å². The first-order valence-electron chi connectivity index (χ1n) is 9.82. The number of piperidine rings is 1. The Hall–Kier alpha value is -3.12. The van der Waals surface area contributed by atoms with Gasteiger partial charge in [0.25, 0.3) is 5.91 Å². The Bertz CT molecular complexity index is 1070. The van der Waals surface area contributed by atoms with Crippen LogP contribution in [0, 0.1) is 0 Å². The minimum atomic E-state index is -0.337. The van der Waals surface area contributed by atoms with Crippen molar-refractivity contribution in [2.75, 3.05) is 20.2 Å². The average Bonchev–Trinajstić information content (AvgIpc) is 2.75. The van der Waals surface area contributed by atoms with Gasteiger partial charge in [-0.3, -0.25) is 14.5 Å².